The SMILES string of the molecule is O=S(=O)(c1ccc(Cl)cc1)N1CCC[C@H]1c1ccsc1. The average Bonchev–Trinajstić information content (AvgIpc) is 3.10. The molecule has 0 saturated carbocycles. The first-order valence-corrected chi connectivity index (χ1v) is 9.14. The van der Waals surface area contributed by atoms with Crippen molar-refractivity contribution in [3.05, 3.63) is 51.7 Å². The number of hydrogen-bond acceptors (Lipinski definition) is 3. The first-order valence-electron chi connectivity index (χ1n) is 6.38. The lowest BCUT2D eigenvalue weighted by molar-refractivity contribution is 0.397. The first-order chi connectivity index (χ1) is 9.59. The summed E-state index contributed by atoms with van der Waals surface area (Å²) >= 11 is 7.42. The van der Waals surface area contributed by atoms with E-state index in [1.165, 1.54) is 0 Å². The summed E-state index contributed by atoms with van der Waals surface area (Å²) < 4.78 is 27.1. The first kappa shape index (κ1) is 14.1. The molecule has 0 amide bonds. The van der Waals surface area contributed by atoms with E-state index in [4.69, 9.17) is 11.6 Å². The van der Waals surface area contributed by atoms with Gasteiger partial charge in [0.05, 0.1) is 10.9 Å². The molecule has 2 heterocycles. The van der Waals surface area contributed by atoms with Gasteiger partial charge in [-0.3, -0.25) is 0 Å². The van der Waals surface area contributed by atoms with Gasteiger partial charge in [0.2, 0.25) is 10.0 Å². The normalized spacial score (nSPS) is 20.4. The number of hydrogen-bond donors (Lipinski definition) is 0. The molecule has 1 aromatic carbocycles. The van der Waals surface area contributed by atoms with Crippen LogP contribution in [-0.2, 0) is 10.0 Å². The van der Waals surface area contributed by atoms with Gasteiger partial charge in [-0.15, -0.1) is 0 Å². The van der Waals surface area contributed by atoms with Gasteiger partial charge in [-0.05, 0) is 59.5 Å². The van der Waals surface area contributed by atoms with E-state index in [2.05, 4.69) is 0 Å². The van der Waals surface area contributed by atoms with Crippen LogP contribution in [-0.4, -0.2) is 19.3 Å². The second-order valence-electron chi connectivity index (χ2n) is 4.78. The van der Waals surface area contributed by atoms with E-state index in [1.54, 1.807) is 39.9 Å². The molecule has 0 N–H and O–H groups in total. The smallest absolute Gasteiger partial charge is 0.207 e. The quantitative estimate of drug-likeness (QED) is 0.856. The molecule has 6 heteroatoms. The Hall–Kier alpha value is -0.880. The molecule has 0 aliphatic carbocycles. The third-order valence-electron chi connectivity index (χ3n) is 3.55. The Morgan fingerprint density at radius 2 is 1.95 bits per heavy atom. The summed E-state index contributed by atoms with van der Waals surface area (Å²) in [4.78, 5) is 0.309. The van der Waals surface area contributed by atoms with Crippen molar-refractivity contribution in [2.45, 2.75) is 23.8 Å². The Kier molecular flexibility index (Phi) is 3.86. The number of thiophene rings is 1. The van der Waals surface area contributed by atoms with Crippen LogP contribution in [0.15, 0.2) is 46.0 Å². The van der Waals surface area contributed by atoms with Crippen molar-refractivity contribution in [2.75, 3.05) is 6.54 Å². The number of halogens is 1. The molecule has 0 radical (unpaired) electrons. The van der Waals surface area contributed by atoms with E-state index in [9.17, 15) is 8.42 Å². The van der Waals surface area contributed by atoms with Crippen LogP contribution in [0.4, 0.5) is 0 Å². The molecule has 2 aromatic rings. The molecule has 1 aliphatic rings. The Labute approximate surface area is 127 Å². The van der Waals surface area contributed by atoms with Gasteiger partial charge in [0, 0.05) is 11.6 Å². The minimum atomic E-state index is -3.45. The summed E-state index contributed by atoms with van der Waals surface area (Å²) in [6.45, 7) is 0.575. The molecule has 1 atom stereocenters. The summed E-state index contributed by atoms with van der Waals surface area (Å²) in [6, 6.07) is 8.34. The minimum Gasteiger partial charge on any atom is -0.207 e. The van der Waals surface area contributed by atoms with Gasteiger partial charge in [0.15, 0.2) is 0 Å². The number of rotatable bonds is 3. The lowest BCUT2D eigenvalue weighted by atomic mass is 10.1. The number of benzene rings is 1. The van der Waals surface area contributed by atoms with Gasteiger partial charge in [-0.1, -0.05) is 11.6 Å². The fourth-order valence-corrected chi connectivity index (χ4v) is 5.08. The van der Waals surface area contributed by atoms with E-state index in [-0.39, 0.29) is 6.04 Å². The Morgan fingerprint density at radius 3 is 2.60 bits per heavy atom. The Morgan fingerprint density at radius 1 is 1.20 bits per heavy atom. The molecule has 0 unspecified atom stereocenters. The van der Waals surface area contributed by atoms with Gasteiger partial charge >= 0.3 is 0 Å². The summed E-state index contributed by atoms with van der Waals surface area (Å²) in [5.74, 6) is 0. The van der Waals surface area contributed by atoms with Crippen molar-refractivity contribution < 1.29 is 8.42 Å². The zero-order chi connectivity index (χ0) is 14.2. The fraction of sp³-hybridized carbons (Fsp3) is 0.286. The lowest BCUT2D eigenvalue weighted by Crippen LogP contribution is -2.30. The zero-order valence-electron chi connectivity index (χ0n) is 10.7. The third-order valence-corrected chi connectivity index (χ3v) is 6.43. The van der Waals surface area contributed by atoms with Gasteiger partial charge in [0.25, 0.3) is 0 Å². The van der Waals surface area contributed by atoms with Crippen molar-refractivity contribution >= 4 is 33.0 Å². The standard InChI is InChI=1S/C14H14ClNO2S2/c15-12-3-5-13(6-4-12)20(17,18)16-8-1-2-14(16)11-7-9-19-10-11/h3-7,9-10,14H,1-2,8H2/t14-/m0/s1. The van der Waals surface area contributed by atoms with Crippen LogP contribution in [0.2, 0.25) is 5.02 Å². The summed E-state index contributed by atoms with van der Waals surface area (Å²) in [5, 5.41) is 4.56. The molecule has 0 bridgehead atoms. The molecular weight excluding hydrogens is 314 g/mol. The molecule has 3 rings (SSSR count). The van der Waals surface area contributed by atoms with Gasteiger partial charge < -0.3 is 0 Å². The average molecular weight is 328 g/mol. The van der Waals surface area contributed by atoms with Crippen molar-refractivity contribution in [2.24, 2.45) is 0 Å². The van der Waals surface area contributed by atoms with E-state index in [1.807, 2.05) is 16.8 Å². The Bertz CT molecular complexity index is 680. The van der Waals surface area contributed by atoms with Crippen molar-refractivity contribution in [3.8, 4) is 0 Å². The molecular formula is C14H14ClNO2S2. The topological polar surface area (TPSA) is 37.4 Å². The molecule has 3 nitrogen and oxygen atoms in total. The summed E-state index contributed by atoms with van der Waals surface area (Å²) in [6.07, 6.45) is 1.77. The second kappa shape index (κ2) is 5.48. The van der Waals surface area contributed by atoms with Crippen LogP contribution in [0, 0.1) is 0 Å². The molecule has 1 fully saturated rings. The molecule has 20 heavy (non-hydrogen) atoms. The molecule has 1 aromatic heterocycles. The predicted molar refractivity (Wildman–Crippen MR) is 81.6 cm³/mol. The highest BCUT2D eigenvalue weighted by atomic mass is 35.5. The van der Waals surface area contributed by atoms with E-state index < -0.39 is 10.0 Å². The molecule has 1 saturated heterocycles. The maximum atomic E-state index is 12.7. The van der Waals surface area contributed by atoms with Crippen LogP contribution in [0.1, 0.15) is 24.4 Å². The zero-order valence-corrected chi connectivity index (χ0v) is 13.1. The minimum absolute atomic E-state index is 0.0399. The lowest BCUT2D eigenvalue weighted by Gasteiger charge is -2.23. The highest BCUT2D eigenvalue weighted by Gasteiger charge is 2.36. The molecule has 0 spiro atoms. The van der Waals surface area contributed by atoms with Crippen LogP contribution in [0.5, 0.6) is 0 Å². The van der Waals surface area contributed by atoms with Crippen molar-refractivity contribution in [3.63, 3.8) is 0 Å². The molecule has 106 valence electrons. The highest BCUT2D eigenvalue weighted by molar-refractivity contribution is 7.89. The van der Waals surface area contributed by atoms with Crippen LogP contribution in [0.3, 0.4) is 0 Å². The van der Waals surface area contributed by atoms with Gasteiger partial charge in [0.1, 0.15) is 0 Å². The Balaban J connectivity index is 1.96. The maximum Gasteiger partial charge on any atom is 0.243 e. The van der Waals surface area contributed by atoms with Gasteiger partial charge in [-0.25, -0.2) is 8.42 Å². The van der Waals surface area contributed by atoms with E-state index in [0.29, 0.717) is 16.5 Å². The summed E-state index contributed by atoms with van der Waals surface area (Å²) in [7, 11) is -3.45. The second-order valence-corrected chi connectivity index (χ2v) is 7.89. The number of sulfonamides is 1. The monoisotopic (exact) mass is 327 g/mol. The highest BCUT2D eigenvalue weighted by Crippen LogP contribution is 2.37. The van der Waals surface area contributed by atoms with Crippen LogP contribution >= 0.6 is 22.9 Å². The summed E-state index contributed by atoms with van der Waals surface area (Å²) in [5.41, 5.74) is 1.09. The molecule has 1 aliphatic heterocycles. The van der Waals surface area contributed by atoms with Crippen LogP contribution < -0.4 is 0 Å². The van der Waals surface area contributed by atoms with E-state index >= 15 is 0 Å². The number of nitrogens with zero attached hydrogens (tertiary/aromatic N) is 1. The van der Waals surface area contributed by atoms with Crippen molar-refractivity contribution in [1.29, 1.82) is 0 Å². The van der Waals surface area contributed by atoms with Crippen LogP contribution in [0.25, 0.3) is 0 Å². The van der Waals surface area contributed by atoms with E-state index in [0.717, 1.165) is 18.4 Å². The maximum absolute atomic E-state index is 12.7. The predicted octanol–water partition coefficient (Wildman–Crippen LogP) is 3.93. The van der Waals surface area contributed by atoms with Crippen molar-refractivity contribution in [1.82, 2.24) is 4.31 Å². The fourth-order valence-electron chi connectivity index (χ4n) is 2.57. The third kappa shape index (κ3) is 2.51. The van der Waals surface area contributed by atoms with Gasteiger partial charge in [-0.2, -0.15) is 15.6 Å². The largest absolute Gasteiger partial charge is 0.243 e.